The Bertz CT molecular complexity index is 458. The minimum Gasteiger partial charge on any atom is -0.493 e. The topological polar surface area (TPSA) is 54.9 Å². The van der Waals surface area contributed by atoms with Gasteiger partial charge in [-0.05, 0) is 37.5 Å². The molecule has 2 N–H and O–H groups in total. The molecule has 0 aliphatic heterocycles. The monoisotopic (exact) mass is 439 g/mol. The summed E-state index contributed by atoms with van der Waals surface area (Å²) >= 11 is 1.85. The summed E-state index contributed by atoms with van der Waals surface area (Å²) in [5.74, 6) is 3.35. The number of rotatable bonds is 8. The number of hydrogen-bond donors (Lipinski definition) is 2. The molecule has 0 bridgehead atoms. The normalized spacial score (nSPS) is 10.6. The van der Waals surface area contributed by atoms with Crippen molar-refractivity contribution in [2.45, 2.75) is 13.3 Å². The van der Waals surface area contributed by atoms with Gasteiger partial charge in [-0.3, -0.25) is 4.99 Å². The Balaban J connectivity index is 0.00000441. The molecule has 126 valence electrons. The highest BCUT2D eigenvalue weighted by Gasteiger charge is 2.06. The predicted octanol–water partition coefficient (Wildman–Crippen LogP) is 3.45. The Labute approximate surface area is 154 Å². The number of thioether (sulfide) groups is 1. The molecular formula is C15H26IN3O2S. The zero-order valence-electron chi connectivity index (χ0n) is 13.6. The summed E-state index contributed by atoms with van der Waals surface area (Å²) in [6.07, 6.45) is 3.22. The number of nitrogens with one attached hydrogen (secondary N) is 2. The molecular weight excluding hydrogens is 413 g/mol. The molecule has 0 saturated heterocycles. The van der Waals surface area contributed by atoms with Crippen LogP contribution in [0.5, 0.6) is 11.5 Å². The molecule has 7 heteroatoms. The molecule has 1 rings (SSSR count). The van der Waals surface area contributed by atoms with Gasteiger partial charge in [0.15, 0.2) is 17.5 Å². The van der Waals surface area contributed by atoms with E-state index in [1.54, 1.807) is 14.2 Å². The number of anilines is 1. The summed E-state index contributed by atoms with van der Waals surface area (Å²) < 4.78 is 10.8. The minimum absolute atomic E-state index is 0. The number of nitrogens with zero attached hydrogens (tertiary/aromatic N) is 1. The first-order valence-electron chi connectivity index (χ1n) is 7.02. The Morgan fingerprint density at radius 1 is 1.32 bits per heavy atom. The van der Waals surface area contributed by atoms with Crippen LogP contribution in [0.25, 0.3) is 0 Å². The molecule has 1 aromatic carbocycles. The van der Waals surface area contributed by atoms with Crippen LogP contribution >= 0.6 is 35.7 Å². The van der Waals surface area contributed by atoms with Crippen LogP contribution in [0.1, 0.15) is 13.3 Å². The lowest BCUT2D eigenvalue weighted by atomic mass is 10.2. The van der Waals surface area contributed by atoms with Gasteiger partial charge in [-0.1, -0.05) is 0 Å². The SMILES string of the molecule is CCOc1cc(NC(=NC)NCCCSC)ccc1OC.I. The largest absolute Gasteiger partial charge is 0.493 e. The van der Waals surface area contributed by atoms with Gasteiger partial charge in [0.1, 0.15) is 0 Å². The van der Waals surface area contributed by atoms with E-state index in [-0.39, 0.29) is 24.0 Å². The third kappa shape index (κ3) is 7.44. The minimum atomic E-state index is 0. The number of guanidine groups is 1. The van der Waals surface area contributed by atoms with E-state index in [1.165, 1.54) is 0 Å². The van der Waals surface area contributed by atoms with Crippen molar-refractivity contribution in [3.05, 3.63) is 18.2 Å². The first-order chi connectivity index (χ1) is 10.2. The summed E-state index contributed by atoms with van der Waals surface area (Å²) in [5.41, 5.74) is 0.914. The maximum atomic E-state index is 5.57. The van der Waals surface area contributed by atoms with Crippen molar-refractivity contribution in [2.24, 2.45) is 4.99 Å². The summed E-state index contributed by atoms with van der Waals surface area (Å²) in [5, 5.41) is 6.54. The van der Waals surface area contributed by atoms with Crippen molar-refractivity contribution in [2.75, 3.05) is 44.6 Å². The van der Waals surface area contributed by atoms with Gasteiger partial charge in [0.2, 0.25) is 0 Å². The van der Waals surface area contributed by atoms with Crippen molar-refractivity contribution in [3.63, 3.8) is 0 Å². The Morgan fingerprint density at radius 2 is 2.09 bits per heavy atom. The number of aliphatic imine (C=N–C) groups is 1. The summed E-state index contributed by atoms with van der Waals surface area (Å²) in [4.78, 5) is 4.21. The molecule has 5 nitrogen and oxygen atoms in total. The third-order valence-electron chi connectivity index (χ3n) is 2.77. The van der Waals surface area contributed by atoms with Crippen molar-refractivity contribution >= 4 is 47.4 Å². The van der Waals surface area contributed by atoms with Gasteiger partial charge in [0, 0.05) is 25.3 Å². The number of methoxy groups -OCH3 is 1. The van der Waals surface area contributed by atoms with Gasteiger partial charge in [-0.2, -0.15) is 11.8 Å². The first-order valence-corrected chi connectivity index (χ1v) is 8.42. The lowest BCUT2D eigenvalue weighted by molar-refractivity contribution is 0.311. The van der Waals surface area contributed by atoms with Gasteiger partial charge in [0.25, 0.3) is 0 Å². The van der Waals surface area contributed by atoms with Gasteiger partial charge < -0.3 is 20.1 Å². The number of ether oxygens (including phenoxy) is 2. The molecule has 22 heavy (non-hydrogen) atoms. The number of hydrogen-bond acceptors (Lipinski definition) is 4. The standard InChI is InChI=1S/C15H25N3O2S.HI/c1-5-20-14-11-12(7-8-13(14)19-3)18-15(16-2)17-9-6-10-21-4;/h7-8,11H,5-6,9-10H2,1-4H3,(H2,16,17,18);1H. The molecule has 0 unspecified atom stereocenters. The first kappa shape index (κ1) is 21.2. The molecule has 0 saturated carbocycles. The molecule has 0 fully saturated rings. The van der Waals surface area contributed by atoms with Gasteiger partial charge in [0.05, 0.1) is 13.7 Å². The van der Waals surface area contributed by atoms with E-state index in [4.69, 9.17) is 9.47 Å². The van der Waals surface area contributed by atoms with Crippen molar-refractivity contribution in [1.82, 2.24) is 5.32 Å². The van der Waals surface area contributed by atoms with Gasteiger partial charge >= 0.3 is 0 Å². The quantitative estimate of drug-likeness (QED) is 0.281. The third-order valence-corrected chi connectivity index (χ3v) is 3.46. The average Bonchev–Trinajstić information content (AvgIpc) is 2.51. The Hall–Kier alpha value is -0.830. The Morgan fingerprint density at radius 3 is 2.68 bits per heavy atom. The molecule has 0 radical (unpaired) electrons. The maximum Gasteiger partial charge on any atom is 0.195 e. The predicted molar refractivity (Wildman–Crippen MR) is 108 cm³/mol. The lowest BCUT2D eigenvalue weighted by Crippen LogP contribution is -2.31. The molecule has 0 spiro atoms. The van der Waals surface area contributed by atoms with E-state index in [0.717, 1.165) is 41.9 Å². The molecule has 0 atom stereocenters. The molecule has 0 heterocycles. The fraction of sp³-hybridized carbons (Fsp3) is 0.533. The zero-order valence-corrected chi connectivity index (χ0v) is 16.8. The second-order valence-corrected chi connectivity index (χ2v) is 5.25. The van der Waals surface area contributed by atoms with E-state index in [0.29, 0.717) is 6.61 Å². The highest BCUT2D eigenvalue weighted by atomic mass is 127. The summed E-state index contributed by atoms with van der Waals surface area (Å²) in [6, 6.07) is 5.74. The van der Waals surface area contributed by atoms with Crippen LogP contribution in [-0.4, -0.2) is 45.3 Å². The molecule has 1 aromatic rings. The highest BCUT2D eigenvalue weighted by molar-refractivity contribution is 14.0. The molecule has 0 aromatic heterocycles. The maximum absolute atomic E-state index is 5.57. The zero-order chi connectivity index (χ0) is 15.5. The van der Waals surface area contributed by atoms with Crippen molar-refractivity contribution in [3.8, 4) is 11.5 Å². The van der Waals surface area contributed by atoms with Crippen LogP contribution in [0.4, 0.5) is 5.69 Å². The van der Waals surface area contributed by atoms with E-state index < -0.39 is 0 Å². The Kier molecular flexibility index (Phi) is 12.2. The summed E-state index contributed by atoms with van der Waals surface area (Å²) in [6.45, 7) is 3.45. The molecule has 0 amide bonds. The smallest absolute Gasteiger partial charge is 0.195 e. The number of halogens is 1. The second kappa shape index (κ2) is 12.7. The van der Waals surface area contributed by atoms with Gasteiger partial charge in [-0.25, -0.2) is 0 Å². The van der Waals surface area contributed by atoms with E-state index in [2.05, 4.69) is 21.9 Å². The van der Waals surface area contributed by atoms with E-state index in [1.807, 2.05) is 36.9 Å². The van der Waals surface area contributed by atoms with E-state index >= 15 is 0 Å². The number of benzene rings is 1. The van der Waals surface area contributed by atoms with Crippen LogP contribution in [0.3, 0.4) is 0 Å². The fourth-order valence-corrected chi connectivity index (χ4v) is 2.19. The average molecular weight is 439 g/mol. The van der Waals surface area contributed by atoms with Crippen LogP contribution in [0.15, 0.2) is 23.2 Å². The van der Waals surface area contributed by atoms with Crippen molar-refractivity contribution in [1.29, 1.82) is 0 Å². The van der Waals surface area contributed by atoms with Crippen LogP contribution in [-0.2, 0) is 0 Å². The van der Waals surface area contributed by atoms with Crippen LogP contribution in [0, 0.1) is 0 Å². The van der Waals surface area contributed by atoms with E-state index in [9.17, 15) is 0 Å². The second-order valence-electron chi connectivity index (χ2n) is 4.27. The van der Waals surface area contributed by atoms with Crippen LogP contribution < -0.4 is 20.1 Å². The van der Waals surface area contributed by atoms with Crippen molar-refractivity contribution < 1.29 is 9.47 Å². The van der Waals surface area contributed by atoms with Gasteiger partial charge in [-0.15, -0.1) is 24.0 Å². The highest BCUT2D eigenvalue weighted by Crippen LogP contribution is 2.30. The van der Waals surface area contributed by atoms with Crippen LogP contribution in [0.2, 0.25) is 0 Å². The fourth-order valence-electron chi connectivity index (χ4n) is 1.76. The lowest BCUT2D eigenvalue weighted by Gasteiger charge is -2.14. The summed E-state index contributed by atoms with van der Waals surface area (Å²) in [7, 11) is 3.40. The molecule has 0 aliphatic rings. The molecule has 0 aliphatic carbocycles.